The number of pyridine rings is 1. The molecule has 162 valence electrons. The van der Waals surface area contributed by atoms with E-state index in [0.29, 0.717) is 34.8 Å². The number of benzene rings is 2. The summed E-state index contributed by atoms with van der Waals surface area (Å²) in [6.07, 6.45) is 1.58. The molecule has 0 unspecified atom stereocenters. The molecule has 6 nitrogen and oxygen atoms in total. The smallest absolute Gasteiger partial charge is 0.270 e. The fourth-order valence-electron chi connectivity index (χ4n) is 4.29. The van der Waals surface area contributed by atoms with Gasteiger partial charge in [-0.1, -0.05) is 42.5 Å². The number of ether oxygens (including phenoxy) is 1. The minimum absolute atomic E-state index is 0.0521. The van der Waals surface area contributed by atoms with Gasteiger partial charge in [0.2, 0.25) is 0 Å². The summed E-state index contributed by atoms with van der Waals surface area (Å²) in [7, 11) is 0. The van der Waals surface area contributed by atoms with Gasteiger partial charge in [0, 0.05) is 18.2 Å². The molecule has 2 aromatic carbocycles. The van der Waals surface area contributed by atoms with E-state index in [9.17, 15) is 14.3 Å². The van der Waals surface area contributed by atoms with Crippen molar-refractivity contribution in [3.63, 3.8) is 0 Å². The van der Waals surface area contributed by atoms with Crippen LogP contribution in [0.3, 0.4) is 0 Å². The molecule has 2 N–H and O–H groups in total. The Bertz CT molecular complexity index is 1320. The van der Waals surface area contributed by atoms with Crippen molar-refractivity contribution in [1.29, 1.82) is 0 Å². The van der Waals surface area contributed by atoms with E-state index in [2.05, 4.69) is 10.3 Å². The van der Waals surface area contributed by atoms with Gasteiger partial charge in [0.1, 0.15) is 18.1 Å². The molecule has 1 aliphatic rings. The molecule has 2 atom stereocenters. The van der Waals surface area contributed by atoms with E-state index in [1.54, 1.807) is 47.9 Å². The van der Waals surface area contributed by atoms with Gasteiger partial charge in [-0.25, -0.2) is 9.37 Å². The van der Waals surface area contributed by atoms with Crippen LogP contribution in [-0.4, -0.2) is 20.4 Å². The Morgan fingerprint density at radius 1 is 1.16 bits per heavy atom. The van der Waals surface area contributed by atoms with E-state index in [-0.39, 0.29) is 24.4 Å². The van der Waals surface area contributed by atoms with Crippen LogP contribution in [-0.2, 0) is 6.61 Å². The van der Waals surface area contributed by atoms with Crippen molar-refractivity contribution in [3.05, 3.63) is 101 Å². The average Bonchev–Trinajstić information content (AvgIpc) is 3.30. The lowest BCUT2D eigenvalue weighted by molar-refractivity contribution is 0.0918. The summed E-state index contributed by atoms with van der Waals surface area (Å²) in [5.41, 5.74) is 3.64. The summed E-state index contributed by atoms with van der Waals surface area (Å²) in [5.74, 6) is -0.159. The number of rotatable bonds is 5. The number of nitrogens with one attached hydrogen (secondary N) is 1. The lowest BCUT2D eigenvalue weighted by Crippen LogP contribution is -2.29. The summed E-state index contributed by atoms with van der Waals surface area (Å²) >= 11 is 0. The maximum atomic E-state index is 13.9. The second kappa shape index (κ2) is 8.09. The third kappa shape index (κ3) is 3.50. The van der Waals surface area contributed by atoms with Crippen molar-refractivity contribution in [3.8, 4) is 5.75 Å². The minimum Gasteiger partial charge on any atom is -0.485 e. The quantitative estimate of drug-likeness (QED) is 0.495. The second-order valence-corrected chi connectivity index (χ2v) is 7.90. The molecular weight excluding hydrogens is 409 g/mol. The van der Waals surface area contributed by atoms with Crippen LogP contribution in [0.25, 0.3) is 5.65 Å². The third-order valence-corrected chi connectivity index (χ3v) is 5.84. The number of carbonyl (C=O) groups excluding carboxylic acids is 1. The molecule has 0 saturated heterocycles. The normalized spacial score (nSPS) is 17.3. The van der Waals surface area contributed by atoms with E-state index in [1.165, 1.54) is 6.07 Å². The van der Waals surface area contributed by atoms with Crippen molar-refractivity contribution >= 4 is 11.6 Å². The van der Waals surface area contributed by atoms with Crippen LogP contribution in [0, 0.1) is 12.7 Å². The fraction of sp³-hybridized carbons (Fsp3) is 0.200. The predicted molar refractivity (Wildman–Crippen MR) is 117 cm³/mol. The van der Waals surface area contributed by atoms with Gasteiger partial charge in [-0.3, -0.25) is 9.20 Å². The third-order valence-electron chi connectivity index (χ3n) is 5.84. The molecule has 0 aliphatic heterocycles. The molecule has 1 aliphatic carbocycles. The van der Waals surface area contributed by atoms with Crippen LogP contribution < -0.4 is 10.1 Å². The highest BCUT2D eigenvalue weighted by molar-refractivity contribution is 5.95. The zero-order valence-corrected chi connectivity index (χ0v) is 17.5. The first-order valence-corrected chi connectivity index (χ1v) is 10.4. The molecule has 2 heterocycles. The Labute approximate surface area is 184 Å². The Morgan fingerprint density at radius 2 is 1.91 bits per heavy atom. The molecular formula is C25H22FN3O3. The maximum Gasteiger partial charge on any atom is 0.270 e. The largest absolute Gasteiger partial charge is 0.485 e. The monoisotopic (exact) mass is 431 g/mol. The fourth-order valence-corrected chi connectivity index (χ4v) is 4.29. The average molecular weight is 431 g/mol. The standard InChI is InChI=1S/C25H22FN3O3/c1-15-23(25(31)28-20-13-21(30)18-9-4-3-8-17(18)20)29-12-6-11-22(24(29)27-15)32-14-16-7-2-5-10-19(16)26/h2-12,20-21,30H,13-14H2,1H3,(H,28,31)/t20-,21+/m0/s1. The lowest BCUT2D eigenvalue weighted by atomic mass is 10.1. The molecule has 0 saturated carbocycles. The number of fused-ring (bicyclic) bond motifs is 2. The summed E-state index contributed by atoms with van der Waals surface area (Å²) < 4.78 is 21.5. The molecule has 5 rings (SSSR count). The van der Waals surface area contributed by atoms with Crippen LogP contribution in [0.1, 0.15) is 51.4 Å². The first-order valence-electron chi connectivity index (χ1n) is 10.4. The van der Waals surface area contributed by atoms with Gasteiger partial charge in [0.05, 0.1) is 17.8 Å². The zero-order chi connectivity index (χ0) is 22.2. The molecule has 0 fully saturated rings. The van der Waals surface area contributed by atoms with Gasteiger partial charge < -0.3 is 15.2 Å². The molecule has 2 aromatic heterocycles. The Balaban J connectivity index is 1.42. The summed E-state index contributed by atoms with van der Waals surface area (Å²) in [4.78, 5) is 17.7. The van der Waals surface area contributed by atoms with E-state index in [1.807, 2.05) is 24.3 Å². The molecule has 0 radical (unpaired) electrons. The summed E-state index contributed by atoms with van der Waals surface area (Å²) in [6, 6.07) is 17.2. The lowest BCUT2D eigenvalue weighted by Gasteiger charge is -2.14. The number of halogens is 1. The number of aliphatic hydroxyl groups excluding tert-OH is 1. The maximum absolute atomic E-state index is 13.9. The van der Waals surface area contributed by atoms with E-state index >= 15 is 0 Å². The van der Waals surface area contributed by atoms with Crippen LogP contribution in [0.5, 0.6) is 5.75 Å². The van der Waals surface area contributed by atoms with Crippen molar-refractivity contribution in [2.45, 2.75) is 32.1 Å². The van der Waals surface area contributed by atoms with Gasteiger partial charge in [-0.05, 0) is 36.2 Å². The highest BCUT2D eigenvalue weighted by atomic mass is 19.1. The highest BCUT2D eigenvalue weighted by Gasteiger charge is 2.31. The summed E-state index contributed by atoms with van der Waals surface area (Å²) in [5, 5.41) is 13.4. The van der Waals surface area contributed by atoms with Crippen LogP contribution in [0.15, 0.2) is 66.9 Å². The van der Waals surface area contributed by atoms with Crippen LogP contribution >= 0.6 is 0 Å². The number of aliphatic hydroxyl groups is 1. The number of amides is 1. The first kappa shape index (κ1) is 20.2. The Hall–Kier alpha value is -3.71. The second-order valence-electron chi connectivity index (χ2n) is 7.90. The van der Waals surface area contributed by atoms with E-state index in [4.69, 9.17) is 4.74 Å². The number of hydrogen-bond acceptors (Lipinski definition) is 4. The van der Waals surface area contributed by atoms with Crippen molar-refractivity contribution in [1.82, 2.24) is 14.7 Å². The van der Waals surface area contributed by atoms with E-state index in [0.717, 1.165) is 11.1 Å². The number of imidazole rings is 1. The minimum atomic E-state index is -0.599. The number of nitrogens with zero attached hydrogens (tertiary/aromatic N) is 2. The molecule has 4 aromatic rings. The number of carbonyl (C=O) groups is 1. The summed E-state index contributed by atoms with van der Waals surface area (Å²) in [6.45, 7) is 1.82. The number of aryl methyl sites for hydroxylation is 1. The topological polar surface area (TPSA) is 75.9 Å². The molecule has 32 heavy (non-hydrogen) atoms. The van der Waals surface area contributed by atoms with Crippen LogP contribution in [0.2, 0.25) is 0 Å². The first-order chi connectivity index (χ1) is 15.5. The van der Waals surface area contributed by atoms with Gasteiger partial charge in [-0.15, -0.1) is 0 Å². The molecule has 7 heteroatoms. The van der Waals surface area contributed by atoms with E-state index < -0.39 is 6.10 Å². The highest BCUT2D eigenvalue weighted by Crippen LogP contribution is 2.38. The zero-order valence-electron chi connectivity index (χ0n) is 17.5. The molecule has 1 amide bonds. The number of hydrogen-bond donors (Lipinski definition) is 2. The molecule has 0 spiro atoms. The molecule has 0 bridgehead atoms. The van der Waals surface area contributed by atoms with Crippen LogP contribution in [0.4, 0.5) is 4.39 Å². The SMILES string of the molecule is Cc1nc2c(OCc3ccccc3F)cccn2c1C(=O)N[C@H]1C[C@@H](O)c2ccccc21. The van der Waals surface area contributed by atoms with Gasteiger partial charge in [0.15, 0.2) is 11.4 Å². The number of aromatic nitrogens is 2. The van der Waals surface area contributed by atoms with Crippen molar-refractivity contribution < 1.29 is 19.0 Å². The van der Waals surface area contributed by atoms with Crippen molar-refractivity contribution in [2.75, 3.05) is 0 Å². The Morgan fingerprint density at radius 3 is 2.72 bits per heavy atom. The van der Waals surface area contributed by atoms with Gasteiger partial charge in [0.25, 0.3) is 5.91 Å². The Kier molecular flexibility index (Phi) is 5.11. The van der Waals surface area contributed by atoms with Gasteiger partial charge >= 0.3 is 0 Å². The van der Waals surface area contributed by atoms with Gasteiger partial charge in [-0.2, -0.15) is 0 Å². The predicted octanol–water partition coefficient (Wildman–Crippen LogP) is 4.27. The van der Waals surface area contributed by atoms with Crippen molar-refractivity contribution in [2.24, 2.45) is 0 Å².